The number of rotatable bonds is 22. The maximum atomic E-state index is 12.0. The van der Waals surface area contributed by atoms with Crippen molar-refractivity contribution in [2.45, 2.75) is 116 Å². The Hall–Kier alpha value is -0.190. The Morgan fingerprint density at radius 2 is 1.22 bits per heavy atom. The van der Waals surface area contributed by atoms with Gasteiger partial charge in [0.2, 0.25) is 0 Å². The molecule has 0 aliphatic carbocycles. The van der Waals surface area contributed by atoms with Gasteiger partial charge in [0, 0.05) is 6.42 Å². The Kier molecular flexibility index (Phi) is 17.9. The number of nitrogens with zero attached hydrogens (tertiary/aromatic N) is 1. The SMILES string of the molecule is CCCCCCCCCCCCCCCCCCOP(=O)(O)OCC[N+]1(C)CC=CCC1. The molecule has 1 rings (SSSR count). The summed E-state index contributed by atoms with van der Waals surface area (Å²) >= 11 is 0. The van der Waals surface area contributed by atoms with Crippen LogP contribution in [0.3, 0.4) is 0 Å². The highest BCUT2D eigenvalue weighted by atomic mass is 31.2. The summed E-state index contributed by atoms with van der Waals surface area (Å²) in [4.78, 5) is 9.84. The third-order valence-corrected chi connectivity index (χ3v) is 7.70. The Morgan fingerprint density at radius 1 is 0.750 bits per heavy atom. The van der Waals surface area contributed by atoms with Gasteiger partial charge in [0.05, 0.1) is 26.7 Å². The molecule has 2 unspecified atom stereocenters. The zero-order valence-electron chi connectivity index (χ0n) is 21.3. The third-order valence-electron chi connectivity index (χ3n) is 6.69. The fraction of sp³-hybridized carbons (Fsp3) is 0.923. The summed E-state index contributed by atoms with van der Waals surface area (Å²) in [5, 5.41) is 0. The average Bonchev–Trinajstić information content (AvgIpc) is 2.76. The highest BCUT2D eigenvalue weighted by Gasteiger charge is 2.25. The molecule has 190 valence electrons. The van der Waals surface area contributed by atoms with Gasteiger partial charge in [0.25, 0.3) is 0 Å². The van der Waals surface area contributed by atoms with Crippen LogP contribution in [0.5, 0.6) is 0 Å². The summed E-state index contributed by atoms with van der Waals surface area (Å²) in [5.74, 6) is 0. The molecule has 32 heavy (non-hydrogen) atoms. The monoisotopic (exact) mass is 474 g/mol. The van der Waals surface area contributed by atoms with Crippen molar-refractivity contribution in [2.24, 2.45) is 0 Å². The number of unbranched alkanes of at least 4 members (excludes halogenated alkanes) is 15. The van der Waals surface area contributed by atoms with Crippen LogP contribution < -0.4 is 0 Å². The van der Waals surface area contributed by atoms with Gasteiger partial charge in [-0.15, -0.1) is 0 Å². The normalized spacial score (nSPS) is 20.5. The zero-order valence-corrected chi connectivity index (χ0v) is 22.2. The highest BCUT2D eigenvalue weighted by Crippen LogP contribution is 2.43. The van der Waals surface area contributed by atoms with E-state index in [2.05, 4.69) is 26.1 Å². The molecule has 5 nitrogen and oxygen atoms in total. The molecule has 0 aromatic heterocycles. The van der Waals surface area contributed by atoms with Gasteiger partial charge in [0.15, 0.2) is 0 Å². The lowest BCUT2D eigenvalue weighted by atomic mass is 10.0. The van der Waals surface area contributed by atoms with Gasteiger partial charge in [-0.05, 0) is 12.5 Å². The van der Waals surface area contributed by atoms with E-state index in [0.29, 0.717) is 6.61 Å². The standard InChI is InChI=1S/C26H52NO4P/c1-3-4-5-6-7-8-9-10-11-12-13-14-15-16-17-21-25-30-32(28,29)31-26-24-27(2)22-19-18-20-23-27/h18-19H,3-17,20-26H2,1-2H3/p+1. The number of hydrogen-bond donors (Lipinski definition) is 1. The second-order valence-electron chi connectivity index (χ2n) is 9.95. The van der Waals surface area contributed by atoms with E-state index in [-0.39, 0.29) is 6.61 Å². The molecule has 1 heterocycles. The molecule has 0 aromatic rings. The zero-order chi connectivity index (χ0) is 23.4. The van der Waals surface area contributed by atoms with Crippen LogP contribution in [-0.2, 0) is 13.6 Å². The smallest absolute Gasteiger partial charge is 0.321 e. The fourth-order valence-electron chi connectivity index (χ4n) is 4.37. The van der Waals surface area contributed by atoms with Crippen molar-refractivity contribution in [2.75, 3.05) is 39.9 Å². The quantitative estimate of drug-likeness (QED) is 0.0753. The largest absolute Gasteiger partial charge is 0.472 e. The van der Waals surface area contributed by atoms with E-state index in [9.17, 15) is 9.46 Å². The Balaban J connectivity index is 1.83. The lowest BCUT2D eigenvalue weighted by Gasteiger charge is -2.35. The van der Waals surface area contributed by atoms with Crippen molar-refractivity contribution in [3.05, 3.63) is 12.2 Å². The van der Waals surface area contributed by atoms with Gasteiger partial charge < -0.3 is 9.38 Å². The van der Waals surface area contributed by atoms with E-state index >= 15 is 0 Å². The van der Waals surface area contributed by atoms with E-state index in [4.69, 9.17) is 9.05 Å². The van der Waals surface area contributed by atoms with Crippen LogP contribution in [0, 0.1) is 0 Å². The maximum absolute atomic E-state index is 12.0. The number of quaternary nitrogens is 1. The molecule has 0 saturated carbocycles. The van der Waals surface area contributed by atoms with E-state index in [1.165, 1.54) is 89.9 Å². The van der Waals surface area contributed by atoms with Gasteiger partial charge in [-0.25, -0.2) is 4.57 Å². The molecule has 1 aliphatic heterocycles. The predicted octanol–water partition coefficient (Wildman–Crippen LogP) is 7.79. The van der Waals surface area contributed by atoms with Crippen LogP contribution in [0.25, 0.3) is 0 Å². The number of likely N-dealkylation sites (N-methyl/N-ethyl adjacent to an activating group) is 1. The van der Waals surface area contributed by atoms with Crippen LogP contribution in [0.15, 0.2) is 12.2 Å². The van der Waals surface area contributed by atoms with E-state index < -0.39 is 7.82 Å². The molecule has 0 radical (unpaired) electrons. The first-order valence-electron chi connectivity index (χ1n) is 13.6. The molecule has 0 spiro atoms. The molecular formula is C26H53NO4P+. The van der Waals surface area contributed by atoms with Crippen LogP contribution in [0.4, 0.5) is 0 Å². The summed E-state index contributed by atoms with van der Waals surface area (Å²) in [6.07, 6.45) is 26.4. The fourth-order valence-corrected chi connectivity index (χ4v) is 5.12. The third kappa shape index (κ3) is 17.3. The highest BCUT2D eigenvalue weighted by molar-refractivity contribution is 7.47. The first-order chi connectivity index (χ1) is 15.5. The summed E-state index contributed by atoms with van der Waals surface area (Å²) in [5.41, 5.74) is 0. The van der Waals surface area contributed by atoms with E-state index in [1.807, 2.05) is 0 Å². The summed E-state index contributed by atoms with van der Waals surface area (Å²) in [6, 6.07) is 0. The van der Waals surface area contributed by atoms with Gasteiger partial charge in [-0.2, -0.15) is 0 Å². The first kappa shape index (κ1) is 29.8. The number of hydrogen-bond acceptors (Lipinski definition) is 3. The lowest BCUT2D eigenvalue weighted by molar-refractivity contribution is -0.905. The Bertz CT molecular complexity index is 514. The van der Waals surface area contributed by atoms with Crippen LogP contribution in [0.2, 0.25) is 0 Å². The molecule has 0 saturated heterocycles. The summed E-state index contributed by atoms with van der Waals surface area (Å²) in [6.45, 7) is 5.59. The van der Waals surface area contributed by atoms with Crippen molar-refractivity contribution >= 4 is 7.82 Å². The summed E-state index contributed by atoms with van der Waals surface area (Å²) < 4.78 is 23.2. The van der Waals surface area contributed by atoms with Crippen molar-refractivity contribution in [1.82, 2.24) is 0 Å². The molecule has 0 amide bonds. The van der Waals surface area contributed by atoms with E-state index in [1.54, 1.807) is 0 Å². The topological polar surface area (TPSA) is 55.8 Å². The minimum atomic E-state index is -3.91. The number of phosphoric acid groups is 1. The molecule has 0 bridgehead atoms. The second kappa shape index (κ2) is 19.2. The lowest BCUT2D eigenvalue weighted by Crippen LogP contribution is -2.48. The Morgan fingerprint density at radius 3 is 1.69 bits per heavy atom. The minimum Gasteiger partial charge on any atom is -0.321 e. The van der Waals surface area contributed by atoms with Crippen LogP contribution >= 0.6 is 7.82 Å². The van der Waals surface area contributed by atoms with Crippen molar-refractivity contribution in [3.63, 3.8) is 0 Å². The molecule has 1 N–H and O–H groups in total. The molecule has 0 aromatic carbocycles. The van der Waals surface area contributed by atoms with Crippen molar-refractivity contribution in [3.8, 4) is 0 Å². The van der Waals surface area contributed by atoms with Crippen LogP contribution in [0.1, 0.15) is 116 Å². The van der Waals surface area contributed by atoms with Gasteiger partial charge in [-0.3, -0.25) is 9.05 Å². The van der Waals surface area contributed by atoms with Crippen molar-refractivity contribution < 1.29 is 23.0 Å². The predicted molar refractivity (Wildman–Crippen MR) is 136 cm³/mol. The second-order valence-corrected chi connectivity index (χ2v) is 11.4. The average molecular weight is 475 g/mol. The molecular weight excluding hydrogens is 421 g/mol. The Labute approximate surface area is 199 Å². The van der Waals surface area contributed by atoms with Crippen molar-refractivity contribution in [1.29, 1.82) is 0 Å². The minimum absolute atomic E-state index is 0.261. The summed E-state index contributed by atoms with van der Waals surface area (Å²) in [7, 11) is -1.75. The molecule has 1 aliphatic rings. The van der Waals surface area contributed by atoms with Gasteiger partial charge >= 0.3 is 7.82 Å². The maximum Gasteiger partial charge on any atom is 0.472 e. The molecule has 0 fully saturated rings. The number of phosphoric ester groups is 1. The molecule has 6 heteroatoms. The van der Waals surface area contributed by atoms with Crippen LogP contribution in [-0.4, -0.2) is 49.3 Å². The van der Waals surface area contributed by atoms with Gasteiger partial charge in [-0.1, -0.05) is 109 Å². The molecule has 2 atom stereocenters. The first-order valence-corrected chi connectivity index (χ1v) is 15.1. The van der Waals surface area contributed by atoms with E-state index in [0.717, 1.165) is 43.4 Å². The van der Waals surface area contributed by atoms with Gasteiger partial charge in [0.1, 0.15) is 13.2 Å².